The van der Waals surface area contributed by atoms with Gasteiger partial charge in [0.1, 0.15) is 0 Å². The summed E-state index contributed by atoms with van der Waals surface area (Å²) in [4.78, 5) is 12.0. The highest BCUT2D eigenvalue weighted by Gasteiger charge is 2.15. The molecule has 0 radical (unpaired) electrons. The molecule has 3 N–H and O–H groups in total. The van der Waals surface area contributed by atoms with E-state index in [2.05, 4.69) is 22.3 Å². The minimum absolute atomic E-state index is 0.112. The van der Waals surface area contributed by atoms with Gasteiger partial charge in [-0.25, -0.2) is 13.1 Å². The Morgan fingerprint density at radius 2 is 1.69 bits per heavy atom. The normalized spacial score (nSPS) is 11.4. The van der Waals surface area contributed by atoms with Crippen LogP contribution in [0.3, 0.4) is 0 Å². The highest BCUT2D eigenvalue weighted by molar-refractivity contribution is 7.89. The molecule has 0 aliphatic rings. The number of thiocarbonyl (C=S) groups is 1. The molecule has 1 aromatic rings. The zero-order valence-electron chi connectivity index (χ0n) is 15.7. The van der Waals surface area contributed by atoms with E-state index >= 15 is 0 Å². The molecule has 0 saturated heterocycles. The molecule has 8 heteroatoms. The van der Waals surface area contributed by atoms with Crippen molar-refractivity contribution in [3.8, 4) is 0 Å². The molecule has 0 aliphatic carbocycles. The molecule has 6 nitrogen and oxygen atoms in total. The summed E-state index contributed by atoms with van der Waals surface area (Å²) in [7, 11) is -3.52. The fraction of sp³-hybridized carbons (Fsp3) is 0.556. The van der Waals surface area contributed by atoms with Crippen molar-refractivity contribution >= 4 is 38.9 Å². The molecule has 0 fully saturated rings. The molecule has 0 unspecified atom stereocenters. The van der Waals surface area contributed by atoms with E-state index in [9.17, 15) is 13.2 Å². The summed E-state index contributed by atoms with van der Waals surface area (Å²) in [6.07, 6.45) is 5.86. The van der Waals surface area contributed by atoms with E-state index in [1.54, 1.807) is 26.0 Å². The van der Waals surface area contributed by atoms with Crippen molar-refractivity contribution in [3.05, 3.63) is 24.3 Å². The summed E-state index contributed by atoms with van der Waals surface area (Å²) >= 11 is 5.12. The number of sulfonamides is 1. The molecule has 0 aromatic heterocycles. The number of unbranched alkanes of at least 4 members (excludes halogenated alkanes) is 4. The highest BCUT2D eigenvalue weighted by Crippen LogP contribution is 2.14. The largest absolute Gasteiger partial charge is 0.332 e. The Bertz CT molecular complexity index is 686. The Morgan fingerprint density at radius 1 is 1.08 bits per heavy atom. The van der Waals surface area contributed by atoms with E-state index in [4.69, 9.17) is 12.2 Å². The maximum Gasteiger partial charge on any atom is 0.240 e. The zero-order chi connectivity index (χ0) is 19.6. The van der Waals surface area contributed by atoms with Crippen LogP contribution in [0.25, 0.3) is 0 Å². The number of anilines is 1. The summed E-state index contributed by atoms with van der Waals surface area (Å²) in [5.41, 5.74) is 0.613. The first-order chi connectivity index (χ1) is 12.2. The minimum Gasteiger partial charge on any atom is -0.332 e. The van der Waals surface area contributed by atoms with Gasteiger partial charge in [0.25, 0.3) is 0 Å². The lowest BCUT2D eigenvalue weighted by molar-refractivity contribution is -0.119. The number of carbonyl (C=O) groups is 1. The van der Waals surface area contributed by atoms with Crippen LogP contribution in [0.5, 0.6) is 0 Å². The number of rotatable bonds is 10. The van der Waals surface area contributed by atoms with E-state index < -0.39 is 10.0 Å². The van der Waals surface area contributed by atoms with Crippen LogP contribution in [0.4, 0.5) is 5.69 Å². The molecule has 0 heterocycles. The quantitative estimate of drug-likeness (QED) is 0.414. The number of benzene rings is 1. The van der Waals surface area contributed by atoms with Gasteiger partial charge in [0.05, 0.1) is 4.90 Å². The fourth-order valence-electron chi connectivity index (χ4n) is 2.34. The van der Waals surface area contributed by atoms with E-state index in [0.29, 0.717) is 12.1 Å². The third-order valence-electron chi connectivity index (χ3n) is 3.57. The fourth-order valence-corrected chi connectivity index (χ4v) is 3.82. The van der Waals surface area contributed by atoms with Gasteiger partial charge in [-0.15, -0.1) is 0 Å². The van der Waals surface area contributed by atoms with Gasteiger partial charge in [-0.05, 0) is 56.8 Å². The Balaban J connectivity index is 2.46. The average molecular weight is 400 g/mol. The van der Waals surface area contributed by atoms with Crippen molar-refractivity contribution in [2.75, 3.05) is 5.32 Å². The molecule has 0 bridgehead atoms. The van der Waals surface area contributed by atoms with Gasteiger partial charge in [0.15, 0.2) is 5.11 Å². The maximum atomic E-state index is 12.1. The van der Waals surface area contributed by atoms with Gasteiger partial charge in [0, 0.05) is 18.2 Å². The van der Waals surface area contributed by atoms with Gasteiger partial charge in [-0.1, -0.05) is 32.6 Å². The molecule has 0 aliphatic heterocycles. The van der Waals surface area contributed by atoms with E-state index in [0.717, 1.165) is 19.3 Å². The van der Waals surface area contributed by atoms with Crippen LogP contribution in [0.2, 0.25) is 0 Å². The summed E-state index contributed by atoms with van der Waals surface area (Å²) in [5, 5.41) is 5.74. The van der Waals surface area contributed by atoms with Crippen molar-refractivity contribution in [1.29, 1.82) is 0 Å². The molecular formula is C18H29N3O3S2. The molecule has 1 aromatic carbocycles. The van der Waals surface area contributed by atoms with Gasteiger partial charge in [0.2, 0.25) is 15.9 Å². The van der Waals surface area contributed by atoms with Crippen molar-refractivity contribution in [3.63, 3.8) is 0 Å². The van der Waals surface area contributed by atoms with E-state index in [-0.39, 0.29) is 22.0 Å². The SMILES string of the molecule is CCCCCCCC(=O)NC(=S)Nc1ccc(S(=O)(=O)NC(C)C)cc1. The van der Waals surface area contributed by atoms with E-state index in [1.807, 2.05) is 0 Å². The van der Waals surface area contributed by atoms with Crippen molar-refractivity contribution in [1.82, 2.24) is 10.0 Å². The van der Waals surface area contributed by atoms with Crippen LogP contribution in [-0.4, -0.2) is 25.5 Å². The minimum atomic E-state index is -3.52. The molecule has 146 valence electrons. The first-order valence-electron chi connectivity index (χ1n) is 8.98. The van der Waals surface area contributed by atoms with Crippen molar-refractivity contribution in [2.24, 2.45) is 0 Å². The molecule has 1 rings (SSSR count). The maximum absolute atomic E-state index is 12.1. The highest BCUT2D eigenvalue weighted by atomic mass is 32.2. The Kier molecular flexibility index (Phi) is 9.75. The number of amides is 1. The molecule has 0 saturated carbocycles. The molecule has 0 spiro atoms. The smallest absolute Gasteiger partial charge is 0.240 e. The third kappa shape index (κ3) is 8.73. The van der Waals surface area contributed by atoms with Gasteiger partial charge in [-0.3, -0.25) is 4.79 Å². The summed E-state index contributed by atoms with van der Waals surface area (Å²) in [5.74, 6) is -0.112. The Hall–Kier alpha value is -1.51. The number of carbonyl (C=O) groups excluding carboxylic acids is 1. The molecule has 0 atom stereocenters. The topological polar surface area (TPSA) is 87.3 Å². The lowest BCUT2D eigenvalue weighted by Crippen LogP contribution is -2.34. The first-order valence-corrected chi connectivity index (χ1v) is 10.9. The third-order valence-corrected chi connectivity index (χ3v) is 5.45. The molecule has 26 heavy (non-hydrogen) atoms. The van der Waals surface area contributed by atoms with Crippen LogP contribution < -0.4 is 15.4 Å². The predicted molar refractivity (Wildman–Crippen MR) is 110 cm³/mol. The number of hydrogen-bond acceptors (Lipinski definition) is 4. The van der Waals surface area contributed by atoms with Gasteiger partial charge >= 0.3 is 0 Å². The van der Waals surface area contributed by atoms with Gasteiger partial charge in [-0.2, -0.15) is 0 Å². The standard InChI is InChI=1S/C18H29N3O3S2/c1-4-5-6-7-8-9-17(22)20-18(25)19-15-10-12-16(13-11-15)26(23,24)21-14(2)3/h10-14,21H,4-9H2,1-3H3,(H2,19,20,22,25). The van der Waals surface area contributed by atoms with Crippen LogP contribution in [0.1, 0.15) is 59.3 Å². The second kappa shape index (κ2) is 11.3. The van der Waals surface area contributed by atoms with Gasteiger partial charge < -0.3 is 10.6 Å². The average Bonchev–Trinajstić information content (AvgIpc) is 2.53. The van der Waals surface area contributed by atoms with E-state index in [1.165, 1.54) is 25.0 Å². The zero-order valence-corrected chi connectivity index (χ0v) is 17.3. The van der Waals surface area contributed by atoms with Crippen molar-refractivity contribution < 1.29 is 13.2 Å². The monoisotopic (exact) mass is 399 g/mol. The lowest BCUT2D eigenvalue weighted by Gasteiger charge is -2.12. The predicted octanol–water partition coefficient (Wildman–Crippen LogP) is 3.55. The molecular weight excluding hydrogens is 370 g/mol. The number of hydrogen-bond donors (Lipinski definition) is 3. The summed E-state index contributed by atoms with van der Waals surface area (Å²) < 4.78 is 26.7. The Morgan fingerprint density at radius 3 is 2.27 bits per heavy atom. The second-order valence-electron chi connectivity index (χ2n) is 6.47. The van der Waals surface area contributed by atoms with Crippen LogP contribution in [-0.2, 0) is 14.8 Å². The molecule has 1 amide bonds. The summed E-state index contributed by atoms with van der Waals surface area (Å²) in [6, 6.07) is 6.02. The lowest BCUT2D eigenvalue weighted by atomic mass is 10.1. The van der Waals surface area contributed by atoms with Crippen molar-refractivity contribution in [2.45, 2.75) is 70.2 Å². The Labute approximate surface area is 162 Å². The van der Waals surface area contributed by atoms with Crippen LogP contribution >= 0.6 is 12.2 Å². The van der Waals surface area contributed by atoms with Crippen LogP contribution in [0.15, 0.2) is 29.2 Å². The second-order valence-corrected chi connectivity index (χ2v) is 8.59. The number of nitrogens with one attached hydrogen (secondary N) is 3. The summed E-state index contributed by atoms with van der Waals surface area (Å²) in [6.45, 7) is 5.68. The first kappa shape index (κ1) is 22.5. The van der Waals surface area contributed by atoms with Crippen LogP contribution in [0, 0.1) is 0 Å².